The molecule has 2 heterocycles. The molecule has 0 aliphatic rings. The number of rotatable bonds is 7. The summed E-state index contributed by atoms with van der Waals surface area (Å²) in [4.78, 5) is 27.6. The van der Waals surface area contributed by atoms with Crippen LogP contribution in [0.25, 0.3) is 21.8 Å². The third-order valence-corrected chi connectivity index (χ3v) is 6.66. The largest absolute Gasteiger partial charge is 0.333 e. The molecule has 174 valence electrons. The summed E-state index contributed by atoms with van der Waals surface area (Å²) in [6.07, 6.45) is 0. The molecule has 6 rings (SSSR count). The van der Waals surface area contributed by atoms with Crippen molar-refractivity contribution in [2.45, 2.75) is 13.1 Å². The van der Waals surface area contributed by atoms with E-state index in [2.05, 4.69) is 0 Å². The number of benzene rings is 4. The van der Waals surface area contributed by atoms with E-state index in [1.54, 1.807) is 0 Å². The van der Waals surface area contributed by atoms with Crippen molar-refractivity contribution in [3.63, 3.8) is 0 Å². The van der Waals surface area contributed by atoms with E-state index in [0.29, 0.717) is 24.5 Å². The Balaban J connectivity index is 1.45. The molecule has 6 aromatic rings. The Hall–Kier alpha value is -4.70. The lowest BCUT2D eigenvalue weighted by atomic mass is 10.1. The molecule has 4 aromatic carbocycles. The lowest BCUT2D eigenvalue weighted by Gasteiger charge is -2.12. The Morgan fingerprint density at radius 1 is 0.472 bits per heavy atom. The second-order valence-electron chi connectivity index (χ2n) is 8.98. The molecule has 2 aromatic heterocycles. The van der Waals surface area contributed by atoms with Crippen molar-refractivity contribution in [2.24, 2.45) is 0 Å². The van der Waals surface area contributed by atoms with E-state index in [-0.39, 0.29) is 0 Å². The van der Waals surface area contributed by atoms with Gasteiger partial charge < -0.3 is 9.13 Å². The van der Waals surface area contributed by atoms with Gasteiger partial charge in [0, 0.05) is 34.9 Å². The average molecular weight is 469 g/mol. The molecule has 0 aliphatic carbocycles. The first kappa shape index (κ1) is 21.8. The zero-order valence-electron chi connectivity index (χ0n) is 19.7. The Kier molecular flexibility index (Phi) is 5.55. The molecule has 0 saturated heterocycles. The Morgan fingerprint density at radius 3 is 1.25 bits per heavy atom. The third kappa shape index (κ3) is 3.93. The van der Waals surface area contributed by atoms with Crippen molar-refractivity contribution in [1.82, 2.24) is 9.13 Å². The van der Waals surface area contributed by atoms with Crippen LogP contribution in [0.5, 0.6) is 0 Å². The summed E-state index contributed by atoms with van der Waals surface area (Å²) in [5.74, 6) is -1.00. The maximum atomic E-state index is 13.8. The van der Waals surface area contributed by atoms with E-state index in [1.165, 1.54) is 0 Å². The zero-order valence-corrected chi connectivity index (χ0v) is 19.7. The molecule has 36 heavy (non-hydrogen) atoms. The standard InChI is InChI=1S/C32H24N2O2/c35-31(29-19-25-15-7-9-17-27(25)33(29)21-23-11-3-1-4-12-23)32(36)30-20-26-16-8-10-18-28(26)34(30)22-24-13-5-2-6-14-24/h1-20H,21-22H2. The topological polar surface area (TPSA) is 44.0 Å². The van der Waals surface area contributed by atoms with Gasteiger partial charge in [-0.1, -0.05) is 97.1 Å². The van der Waals surface area contributed by atoms with Crippen LogP contribution < -0.4 is 0 Å². The first-order chi connectivity index (χ1) is 17.7. The molecule has 0 saturated carbocycles. The van der Waals surface area contributed by atoms with Crippen LogP contribution in [0.4, 0.5) is 0 Å². The summed E-state index contributed by atoms with van der Waals surface area (Å²) < 4.78 is 3.91. The highest BCUT2D eigenvalue weighted by molar-refractivity contribution is 6.49. The van der Waals surface area contributed by atoms with E-state index in [1.807, 2.05) is 130 Å². The number of ketones is 2. The molecule has 0 amide bonds. The van der Waals surface area contributed by atoms with Gasteiger partial charge in [0.1, 0.15) is 0 Å². The maximum Gasteiger partial charge on any atom is 0.251 e. The van der Waals surface area contributed by atoms with Gasteiger partial charge in [0.25, 0.3) is 11.6 Å². The van der Waals surface area contributed by atoms with Crippen LogP contribution in [-0.2, 0) is 13.1 Å². The first-order valence-corrected chi connectivity index (χ1v) is 12.0. The number of hydrogen-bond acceptors (Lipinski definition) is 2. The van der Waals surface area contributed by atoms with Gasteiger partial charge in [0.05, 0.1) is 11.4 Å². The quantitative estimate of drug-likeness (QED) is 0.192. The predicted octanol–water partition coefficient (Wildman–Crippen LogP) is 6.76. The van der Waals surface area contributed by atoms with Crippen LogP contribution in [0.1, 0.15) is 32.1 Å². The van der Waals surface area contributed by atoms with Gasteiger partial charge >= 0.3 is 0 Å². The number of nitrogens with zero attached hydrogens (tertiary/aromatic N) is 2. The number of carbonyl (C=O) groups excluding carboxylic acids is 2. The van der Waals surface area contributed by atoms with Gasteiger partial charge in [-0.05, 0) is 35.4 Å². The minimum absolute atomic E-state index is 0.404. The molecule has 0 unspecified atom stereocenters. The smallest absolute Gasteiger partial charge is 0.251 e. The highest BCUT2D eigenvalue weighted by Gasteiger charge is 2.27. The van der Waals surface area contributed by atoms with Crippen molar-refractivity contribution >= 4 is 33.4 Å². The normalized spacial score (nSPS) is 11.2. The van der Waals surface area contributed by atoms with Crippen LogP contribution >= 0.6 is 0 Å². The van der Waals surface area contributed by atoms with Gasteiger partial charge in [-0.25, -0.2) is 0 Å². The van der Waals surface area contributed by atoms with Crippen molar-refractivity contribution in [1.29, 1.82) is 0 Å². The lowest BCUT2D eigenvalue weighted by molar-refractivity contribution is 0.0807. The molecule has 0 aliphatic heterocycles. The SMILES string of the molecule is O=C(C(=O)c1cc2ccccc2n1Cc1ccccc1)c1cc2ccccc2n1Cc1ccccc1. The molecule has 0 radical (unpaired) electrons. The average Bonchev–Trinajstić information content (AvgIpc) is 3.48. The summed E-state index contributed by atoms with van der Waals surface area (Å²) in [6.45, 7) is 1.02. The lowest BCUT2D eigenvalue weighted by Crippen LogP contribution is -2.22. The Labute approximate surface area is 209 Å². The fourth-order valence-electron chi connectivity index (χ4n) is 4.90. The number of hydrogen-bond donors (Lipinski definition) is 0. The second kappa shape index (κ2) is 9.16. The van der Waals surface area contributed by atoms with Gasteiger partial charge in [-0.3, -0.25) is 9.59 Å². The van der Waals surface area contributed by atoms with Crippen molar-refractivity contribution in [2.75, 3.05) is 0 Å². The van der Waals surface area contributed by atoms with E-state index >= 15 is 0 Å². The van der Waals surface area contributed by atoms with E-state index in [9.17, 15) is 9.59 Å². The monoisotopic (exact) mass is 468 g/mol. The number of para-hydroxylation sites is 2. The molecule has 0 atom stereocenters. The molecular weight excluding hydrogens is 444 g/mol. The molecule has 0 spiro atoms. The van der Waals surface area contributed by atoms with E-state index in [4.69, 9.17) is 0 Å². The molecule has 4 heteroatoms. The third-order valence-electron chi connectivity index (χ3n) is 6.66. The van der Waals surface area contributed by atoms with Crippen LogP contribution in [0.15, 0.2) is 121 Å². The van der Waals surface area contributed by atoms with Crippen LogP contribution in [0.2, 0.25) is 0 Å². The minimum atomic E-state index is -0.501. The Morgan fingerprint density at radius 2 is 0.833 bits per heavy atom. The number of fused-ring (bicyclic) bond motifs is 2. The van der Waals surface area contributed by atoms with Gasteiger partial charge in [-0.15, -0.1) is 0 Å². The number of Topliss-reactive ketones (excluding diaryl/α,β-unsaturated/α-hetero) is 2. The second-order valence-corrected chi connectivity index (χ2v) is 8.98. The fraction of sp³-hybridized carbons (Fsp3) is 0.0625. The van der Waals surface area contributed by atoms with Crippen molar-refractivity contribution < 1.29 is 9.59 Å². The maximum absolute atomic E-state index is 13.8. The molecule has 0 fully saturated rings. The van der Waals surface area contributed by atoms with Crippen LogP contribution in [0.3, 0.4) is 0 Å². The Bertz CT molecular complexity index is 1580. The van der Waals surface area contributed by atoms with Crippen molar-refractivity contribution in [3.8, 4) is 0 Å². The molecular formula is C32H24N2O2. The minimum Gasteiger partial charge on any atom is -0.333 e. The summed E-state index contributed by atoms with van der Waals surface area (Å²) in [7, 11) is 0. The summed E-state index contributed by atoms with van der Waals surface area (Å²) in [6, 6.07) is 39.4. The summed E-state index contributed by atoms with van der Waals surface area (Å²) in [5, 5.41) is 1.88. The number of carbonyl (C=O) groups is 2. The van der Waals surface area contributed by atoms with Gasteiger partial charge in [0.2, 0.25) is 0 Å². The molecule has 0 N–H and O–H groups in total. The summed E-state index contributed by atoms with van der Waals surface area (Å²) in [5.41, 5.74) is 4.81. The fourth-order valence-corrected chi connectivity index (χ4v) is 4.90. The van der Waals surface area contributed by atoms with Crippen LogP contribution in [-0.4, -0.2) is 20.7 Å². The highest BCUT2D eigenvalue weighted by atomic mass is 16.2. The van der Waals surface area contributed by atoms with E-state index < -0.39 is 11.6 Å². The highest BCUT2D eigenvalue weighted by Crippen LogP contribution is 2.26. The molecule has 0 bridgehead atoms. The first-order valence-electron chi connectivity index (χ1n) is 12.0. The van der Waals surface area contributed by atoms with E-state index in [0.717, 1.165) is 32.9 Å². The zero-order chi connectivity index (χ0) is 24.5. The predicted molar refractivity (Wildman–Crippen MR) is 144 cm³/mol. The number of aromatic nitrogens is 2. The van der Waals surface area contributed by atoms with Gasteiger partial charge in [-0.2, -0.15) is 0 Å². The summed E-state index contributed by atoms with van der Waals surface area (Å²) >= 11 is 0. The van der Waals surface area contributed by atoms with Gasteiger partial charge in [0.15, 0.2) is 0 Å². The van der Waals surface area contributed by atoms with Crippen molar-refractivity contribution in [3.05, 3.63) is 144 Å². The molecule has 4 nitrogen and oxygen atoms in total. The van der Waals surface area contributed by atoms with Crippen LogP contribution in [0, 0.1) is 0 Å².